The van der Waals surface area contributed by atoms with Gasteiger partial charge in [0.15, 0.2) is 10.3 Å². The fourth-order valence-corrected chi connectivity index (χ4v) is 4.98. The van der Waals surface area contributed by atoms with E-state index in [9.17, 15) is 4.79 Å². The maximum Gasteiger partial charge on any atom is 0.230 e. The summed E-state index contributed by atoms with van der Waals surface area (Å²) in [6, 6.07) is 15.9. The van der Waals surface area contributed by atoms with E-state index in [0.717, 1.165) is 22.2 Å². The standard InChI is InChI=1S/C22H21N5OS2/c1-15-9-10-20(16(2)11-15)26-14-23-25-22(26)30-13-18-12-29-21(24-18)27(17(3)28)19-7-5-4-6-8-19/h4-12,14H,13H2,1-3H3. The van der Waals surface area contributed by atoms with Gasteiger partial charge in [0.05, 0.1) is 17.1 Å². The highest BCUT2D eigenvalue weighted by Gasteiger charge is 2.18. The lowest BCUT2D eigenvalue weighted by Crippen LogP contribution is -2.22. The highest BCUT2D eigenvalue weighted by Crippen LogP contribution is 2.31. The first kappa shape index (κ1) is 20.3. The van der Waals surface area contributed by atoms with Crippen LogP contribution in [0.4, 0.5) is 10.8 Å². The van der Waals surface area contributed by atoms with Gasteiger partial charge in [-0.1, -0.05) is 47.7 Å². The molecule has 30 heavy (non-hydrogen) atoms. The van der Waals surface area contributed by atoms with Crippen molar-refractivity contribution in [2.75, 3.05) is 4.90 Å². The fraction of sp³-hybridized carbons (Fsp3) is 0.182. The van der Waals surface area contributed by atoms with Gasteiger partial charge in [0.25, 0.3) is 0 Å². The second-order valence-corrected chi connectivity index (χ2v) is 8.65. The minimum atomic E-state index is -0.0654. The van der Waals surface area contributed by atoms with Gasteiger partial charge < -0.3 is 0 Å². The molecule has 0 radical (unpaired) electrons. The van der Waals surface area contributed by atoms with Crippen LogP contribution in [-0.4, -0.2) is 25.7 Å². The molecule has 0 aliphatic rings. The number of aryl methyl sites for hydroxylation is 2. The van der Waals surface area contributed by atoms with Crippen molar-refractivity contribution >= 4 is 39.8 Å². The largest absolute Gasteiger partial charge is 0.276 e. The van der Waals surface area contributed by atoms with Crippen molar-refractivity contribution in [1.82, 2.24) is 19.7 Å². The molecule has 8 heteroatoms. The number of thiazole rings is 1. The number of hydrogen-bond acceptors (Lipinski definition) is 6. The normalized spacial score (nSPS) is 10.9. The smallest absolute Gasteiger partial charge is 0.230 e. The Balaban J connectivity index is 1.52. The van der Waals surface area contributed by atoms with Crippen LogP contribution < -0.4 is 4.90 Å². The number of nitrogens with zero attached hydrogens (tertiary/aromatic N) is 5. The van der Waals surface area contributed by atoms with Crippen LogP contribution in [0.25, 0.3) is 5.69 Å². The number of hydrogen-bond donors (Lipinski definition) is 0. The fourth-order valence-electron chi connectivity index (χ4n) is 3.17. The van der Waals surface area contributed by atoms with Crippen molar-refractivity contribution in [1.29, 1.82) is 0 Å². The zero-order valence-corrected chi connectivity index (χ0v) is 18.6. The molecule has 6 nitrogen and oxygen atoms in total. The van der Waals surface area contributed by atoms with Crippen LogP contribution in [0.2, 0.25) is 0 Å². The van der Waals surface area contributed by atoms with Gasteiger partial charge in [0.2, 0.25) is 5.91 Å². The van der Waals surface area contributed by atoms with E-state index in [-0.39, 0.29) is 5.91 Å². The Morgan fingerprint density at radius 2 is 1.97 bits per heavy atom. The Morgan fingerprint density at radius 1 is 1.17 bits per heavy atom. The van der Waals surface area contributed by atoms with E-state index >= 15 is 0 Å². The number of thioether (sulfide) groups is 1. The Bertz CT molecular complexity index is 1170. The SMILES string of the molecule is CC(=O)N(c1ccccc1)c1nc(CSc2nncn2-c2ccc(C)cc2C)cs1. The van der Waals surface area contributed by atoms with Crippen molar-refractivity contribution < 1.29 is 4.79 Å². The van der Waals surface area contributed by atoms with E-state index in [4.69, 9.17) is 0 Å². The van der Waals surface area contributed by atoms with Crippen LogP contribution in [0.3, 0.4) is 0 Å². The molecule has 0 aliphatic heterocycles. The number of aromatic nitrogens is 4. The summed E-state index contributed by atoms with van der Waals surface area (Å²) in [5, 5.41) is 11.8. The average Bonchev–Trinajstić information content (AvgIpc) is 3.37. The molecule has 0 bridgehead atoms. The van der Waals surface area contributed by atoms with Crippen LogP contribution in [0.5, 0.6) is 0 Å². The quantitative estimate of drug-likeness (QED) is 0.384. The first-order chi connectivity index (χ1) is 14.5. The van der Waals surface area contributed by atoms with Crippen molar-refractivity contribution in [3.63, 3.8) is 0 Å². The molecule has 0 unspecified atom stereocenters. The lowest BCUT2D eigenvalue weighted by molar-refractivity contribution is -0.115. The molecule has 2 aromatic carbocycles. The molecule has 0 fully saturated rings. The summed E-state index contributed by atoms with van der Waals surface area (Å²) in [4.78, 5) is 18.5. The summed E-state index contributed by atoms with van der Waals surface area (Å²) in [5.41, 5.74) is 5.18. The number of carbonyl (C=O) groups excluding carboxylic acids is 1. The van der Waals surface area contributed by atoms with Crippen molar-refractivity contribution in [2.24, 2.45) is 0 Å². The van der Waals surface area contributed by atoms with Gasteiger partial charge >= 0.3 is 0 Å². The van der Waals surface area contributed by atoms with Crippen LogP contribution >= 0.6 is 23.1 Å². The molecule has 0 aliphatic carbocycles. The third-order valence-corrected chi connectivity index (χ3v) is 6.39. The molecule has 2 heterocycles. The molecule has 152 valence electrons. The second kappa shape index (κ2) is 8.81. The second-order valence-electron chi connectivity index (χ2n) is 6.87. The molecule has 0 N–H and O–H groups in total. The van der Waals surface area contributed by atoms with Gasteiger partial charge in [-0.3, -0.25) is 14.3 Å². The highest BCUT2D eigenvalue weighted by atomic mass is 32.2. The molecule has 0 saturated heterocycles. The Morgan fingerprint density at radius 3 is 2.70 bits per heavy atom. The van der Waals surface area contributed by atoms with Crippen molar-refractivity contribution in [2.45, 2.75) is 31.7 Å². The van der Waals surface area contributed by atoms with Crippen molar-refractivity contribution in [3.8, 4) is 5.69 Å². The number of amides is 1. The molecule has 0 atom stereocenters. The average molecular weight is 436 g/mol. The van der Waals surface area contributed by atoms with E-state index in [0.29, 0.717) is 10.9 Å². The van der Waals surface area contributed by atoms with E-state index in [2.05, 4.69) is 47.2 Å². The third kappa shape index (κ3) is 4.29. The number of para-hydroxylation sites is 1. The molecule has 1 amide bonds. The van der Waals surface area contributed by atoms with Crippen LogP contribution in [0.1, 0.15) is 23.7 Å². The summed E-state index contributed by atoms with van der Waals surface area (Å²) in [5.74, 6) is 0.574. The first-order valence-corrected chi connectivity index (χ1v) is 11.3. The Hall–Kier alpha value is -2.97. The predicted octanol–water partition coefficient (Wildman–Crippen LogP) is 5.32. The van der Waals surface area contributed by atoms with E-state index in [1.807, 2.05) is 40.3 Å². The molecule has 0 spiro atoms. The van der Waals surface area contributed by atoms with Gasteiger partial charge in [-0.2, -0.15) is 0 Å². The Kier molecular flexibility index (Phi) is 5.96. The molecular formula is C22H21N5OS2. The van der Waals surface area contributed by atoms with E-state index in [1.165, 1.54) is 22.5 Å². The minimum absolute atomic E-state index is 0.0654. The molecule has 2 aromatic heterocycles. The topological polar surface area (TPSA) is 63.9 Å². The molecule has 0 saturated carbocycles. The van der Waals surface area contributed by atoms with Crippen LogP contribution in [0.15, 0.2) is 65.4 Å². The lowest BCUT2D eigenvalue weighted by atomic mass is 10.1. The van der Waals surface area contributed by atoms with Crippen LogP contribution in [-0.2, 0) is 10.5 Å². The summed E-state index contributed by atoms with van der Waals surface area (Å²) in [6.07, 6.45) is 1.74. The lowest BCUT2D eigenvalue weighted by Gasteiger charge is -2.17. The van der Waals surface area contributed by atoms with Gasteiger partial charge in [-0.25, -0.2) is 4.98 Å². The van der Waals surface area contributed by atoms with Gasteiger partial charge in [0.1, 0.15) is 6.33 Å². The van der Waals surface area contributed by atoms with E-state index in [1.54, 1.807) is 29.9 Å². The number of rotatable bonds is 6. The highest BCUT2D eigenvalue weighted by molar-refractivity contribution is 7.98. The molecule has 4 aromatic rings. The first-order valence-electron chi connectivity index (χ1n) is 9.43. The number of carbonyl (C=O) groups is 1. The summed E-state index contributed by atoms with van der Waals surface area (Å²) < 4.78 is 2.00. The maximum absolute atomic E-state index is 12.2. The summed E-state index contributed by atoms with van der Waals surface area (Å²) >= 11 is 3.03. The third-order valence-electron chi connectivity index (χ3n) is 4.54. The molecular weight excluding hydrogens is 414 g/mol. The number of benzene rings is 2. The zero-order valence-electron chi connectivity index (χ0n) is 16.9. The zero-order chi connectivity index (χ0) is 21.1. The summed E-state index contributed by atoms with van der Waals surface area (Å²) in [6.45, 7) is 5.72. The van der Waals surface area contributed by atoms with Crippen molar-refractivity contribution in [3.05, 3.63) is 77.1 Å². The van der Waals surface area contributed by atoms with Crippen LogP contribution in [0, 0.1) is 13.8 Å². The van der Waals surface area contributed by atoms with Gasteiger partial charge in [-0.15, -0.1) is 21.5 Å². The van der Waals surface area contributed by atoms with Gasteiger partial charge in [0, 0.05) is 18.1 Å². The van der Waals surface area contributed by atoms with Gasteiger partial charge in [-0.05, 0) is 37.6 Å². The minimum Gasteiger partial charge on any atom is -0.276 e. The monoisotopic (exact) mass is 435 g/mol. The predicted molar refractivity (Wildman–Crippen MR) is 122 cm³/mol. The number of anilines is 2. The Labute approximate surface area is 183 Å². The molecule has 4 rings (SSSR count). The van der Waals surface area contributed by atoms with E-state index < -0.39 is 0 Å². The maximum atomic E-state index is 12.2. The summed E-state index contributed by atoms with van der Waals surface area (Å²) in [7, 11) is 0.